The van der Waals surface area contributed by atoms with E-state index in [1.165, 1.54) is 20.4 Å². The van der Waals surface area contributed by atoms with Crippen molar-refractivity contribution >= 4 is 12.1 Å². The molecule has 25 heavy (non-hydrogen) atoms. The average molecular weight is 337 g/mol. The summed E-state index contributed by atoms with van der Waals surface area (Å²) in [6.07, 6.45) is 3.84. The van der Waals surface area contributed by atoms with Gasteiger partial charge in [-0.05, 0) is 0 Å². The molecular formula is C17H15N5O3. The molecule has 3 rings (SSSR count). The summed E-state index contributed by atoms with van der Waals surface area (Å²) in [6.45, 7) is 0. The third-order valence-corrected chi connectivity index (χ3v) is 3.50. The highest BCUT2D eigenvalue weighted by molar-refractivity contribution is 5.79. The summed E-state index contributed by atoms with van der Waals surface area (Å²) in [5.74, 6) is 0.587. The van der Waals surface area contributed by atoms with Crippen LogP contribution in [0.3, 0.4) is 0 Å². The fourth-order valence-corrected chi connectivity index (χ4v) is 2.24. The van der Waals surface area contributed by atoms with E-state index in [4.69, 9.17) is 15.2 Å². The van der Waals surface area contributed by atoms with Crippen LogP contribution in [0.4, 0.5) is 5.82 Å². The highest BCUT2D eigenvalue weighted by Gasteiger charge is 2.15. The normalized spacial score (nSPS) is 10.3. The molecule has 0 bridgehead atoms. The second-order valence-electron chi connectivity index (χ2n) is 5.01. The van der Waals surface area contributed by atoms with Gasteiger partial charge < -0.3 is 15.2 Å². The Morgan fingerprint density at radius 1 is 1.00 bits per heavy atom. The first kappa shape index (κ1) is 16.3. The number of ether oxygens (including phenoxy) is 2. The van der Waals surface area contributed by atoms with E-state index in [1.54, 1.807) is 30.5 Å². The number of aldehydes is 1. The molecule has 0 aliphatic rings. The van der Waals surface area contributed by atoms with Crippen molar-refractivity contribution in [3.05, 3.63) is 42.2 Å². The predicted octanol–water partition coefficient (Wildman–Crippen LogP) is 2.01. The SMILES string of the molecule is COc1ncc(-c2cnc(N)c(-c3ccc(C=O)cc3)n2)c(OC)n1. The zero-order chi connectivity index (χ0) is 17.8. The number of anilines is 1. The van der Waals surface area contributed by atoms with Crippen molar-refractivity contribution in [2.45, 2.75) is 0 Å². The second kappa shape index (κ2) is 6.91. The molecule has 126 valence electrons. The molecule has 1 aromatic carbocycles. The number of rotatable bonds is 5. The Hall–Kier alpha value is -3.55. The third-order valence-electron chi connectivity index (χ3n) is 3.50. The first-order valence-electron chi connectivity index (χ1n) is 7.29. The summed E-state index contributed by atoms with van der Waals surface area (Å²) in [4.78, 5) is 27.8. The number of carbonyl (C=O) groups excluding carboxylic acids is 1. The molecular weight excluding hydrogens is 322 g/mol. The Labute approximate surface area is 143 Å². The number of nitrogen functional groups attached to an aromatic ring is 1. The van der Waals surface area contributed by atoms with Crippen molar-refractivity contribution in [2.24, 2.45) is 0 Å². The van der Waals surface area contributed by atoms with Crippen LogP contribution in [0.15, 0.2) is 36.7 Å². The Kier molecular flexibility index (Phi) is 4.51. The molecule has 0 atom stereocenters. The van der Waals surface area contributed by atoms with Crippen molar-refractivity contribution < 1.29 is 14.3 Å². The lowest BCUT2D eigenvalue weighted by atomic mass is 10.1. The molecule has 0 fully saturated rings. The van der Waals surface area contributed by atoms with Crippen LogP contribution in [0, 0.1) is 0 Å². The molecule has 2 N–H and O–H groups in total. The minimum atomic E-state index is 0.189. The molecule has 0 spiro atoms. The third kappa shape index (κ3) is 3.23. The van der Waals surface area contributed by atoms with Gasteiger partial charge in [0.1, 0.15) is 17.8 Å². The van der Waals surface area contributed by atoms with Gasteiger partial charge in [-0.1, -0.05) is 24.3 Å². The zero-order valence-corrected chi connectivity index (χ0v) is 13.6. The zero-order valence-electron chi connectivity index (χ0n) is 13.6. The largest absolute Gasteiger partial charge is 0.480 e. The highest BCUT2D eigenvalue weighted by Crippen LogP contribution is 2.30. The Bertz CT molecular complexity index is 913. The van der Waals surface area contributed by atoms with Crippen LogP contribution in [0.1, 0.15) is 10.4 Å². The Morgan fingerprint density at radius 3 is 2.40 bits per heavy atom. The van der Waals surface area contributed by atoms with Crippen molar-refractivity contribution in [3.8, 4) is 34.4 Å². The van der Waals surface area contributed by atoms with Crippen molar-refractivity contribution in [1.29, 1.82) is 0 Å². The molecule has 2 heterocycles. The van der Waals surface area contributed by atoms with Crippen molar-refractivity contribution in [2.75, 3.05) is 20.0 Å². The quantitative estimate of drug-likeness (QED) is 0.703. The lowest BCUT2D eigenvalue weighted by Gasteiger charge is -2.10. The monoisotopic (exact) mass is 337 g/mol. The van der Waals surface area contributed by atoms with E-state index >= 15 is 0 Å². The van der Waals surface area contributed by atoms with Crippen LogP contribution in [0.2, 0.25) is 0 Å². The fraction of sp³-hybridized carbons (Fsp3) is 0.118. The highest BCUT2D eigenvalue weighted by atomic mass is 16.5. The van der Waals surface area contributed by atoms with E-state index in [1.807, 2.05) is 0 Å². The Morgan fingerprint density at radius 2 is 1.76 bits per heavy atom. The van der Waals surface area contributed by atoms with E-state index in [9.17, 15) is 4.79 Å². The topological polar surface area (TPSA) is 113 Å². The number of carbonyl (C=O) groups is 1. The van der Waals surface area contributed by atoms with Crippen LogP contribution in [0.5, 0.6) is 11.9 Å². The standard InChI is InChI=1S/C17H15N5O3/c1-24-16-12(7-20-17(22-16)25-2)13-8-19-15(18)14(21-13)11-5-3-10(9-23)4-6-11/h3-9H,1-2H3,(H2,18,19). The fourth-order valence-electron chi connectivity index (χ4n) is 2.24. The molecule has 0 aliphatic heterocycles. The molecule has 8 nitrogen and oxygen atoms in total. The van der Waals surface area contributed by atoms with Crippen LogP contribution >= 0.6 is 0 Å². The number of benzene rings is 1. The molecule has 0 unspecified atom stereocenters. The minimum absolute atomic E-state index is 0.189. The summed E-state index contributed by atoms with van der Waals surface area (Å²) >= 11 is 0. The van der Waals surface area contributed by atoms with Gasteiger partial charge in [0.05, 0.1) is 31.7 Å². The summed E-state index contributed by atoms with van der Waals surface area (Å²) in [5.41, 5.74) is 8.82. The van der Waals surface area contributed by atoms with E-state index in [2.05, 4.69) is 19.9 Å². The number of hydrogen-bond donors (Lipinski definition) is 1. The summed E-state index contributed by atoms with van der Waals surface area (Å²) in [6, 6.07) is 7.08. The van der Waals surface area contributed by atoms with Crippen LogP contribution in [0.25, 0.3) is 22.5 Å². The summed E-state index contributed by atoms with van der Waals surface area (Å²) in [5, 5.41) is 0. The van der Waals surface area contributed by atoms with Crippen LogP contribution < -0.4 is 15.2 Å². The summed E-state index contributed by atoms with van der Waals surface area (Å²) < 4.78 is 10.3. The van der Waals surface area contributed by atoms with Gasteiger partial charge >= 0.3 is 6.01 Å². The number of methoxy groups -OCH3 is 2. The maximum atomic E-state index is 10.8. The van der Waals surface area contributed by atoms with Crippen molar-refractivity contribution in [3.63, 3.8) is 0 Å². The maximum absolute atomic E-state index is 10.8. The lowest BCUT2D eigenvalue weighted by Crippen LogP contribution is -2.02. The summed E-state index contributed by atoms with van der Waals surface area (Å²) in [7, 11) is 2.97. The Balaban J connectivity index is 2.08. The van der Waals surface area contributed by atoms with Gasteiger partial charge in [-0.15, -0.1) is 0 Å². The van der Waals surface area contributed by atoms with Crippen LogP contribution in [-0.2, 0) is 0 Å². The molecule has 0 radical (unpaired) electrons. The molecule has 3 aromatic rings. The number of nitrogens with zero attached hydrogens (tertiary/aromatic N) is 4. The molecule has 0 amide bonds. The number of nitrogens with two attached hydrogens (primary N) is 1. The maximum Gasteiger partial charge on any atom is 0.319 e. The minimum Gasteiger partial charge on any atom is -0.480 e. The number of aromatic nitrogens is 4. The first-order valence-corrected chi connectivity index (χ1v) is 7.29. The number of hydrogen-bond acceptors (Lipinski definition) is 8. The van der Waals surface area contributed by atoms with Gasteiger partial charge in [0, 0.05) is 17.3 Å². The van der Waals surface area contributed by atoms with E-state index < -0.39 is 0 Å². The smallest absolute Gasteiger partial charge is 0.319 e. The molecule has 0 saturated carbocycles. The molecule has 0 aliphatic carbocycles. The van der Waals surface area contributed by atoms with Gasteiger partial charge in [0.15, 0.2) is 0 Å². The van der Waals surface area contributed by atoms with Crippen molar-refractivity contribution in [1.82, 2.24) is 19.9 Å². The van der Waals surface area contributed by atoms with E-state index in [0.717, 1.165) is 11.8 Å². The molecule has 2 aromatic heterocycles. The lowest BCUT2D eigenvalue weighted by molar-refractivity contribution is 0.112. The van der Waals surface area contributed by atoms with Crippen LogP contribution in [-0.4, -0.2) is 40.4 Å². The molecule has 8 heteroatoms. The second-order valence-corrected chi connectivity index (χ2v) is 5.01. The van der Waals surface area contributed by atoms with E-state index in [0.29, 0.717) is 28.4 Å². The van der Waals surface area contributed by atoms with Gasteiger partial charge in [0.2, 0.25) is 5.88 Å². The van der Waals surface area contributed by atoms with Gasteiger partial charge in [-0.3, -0.25) is 4.79 Å². The van der Waals surface area contributed by atoms with E-state index in [-0.39, 0.29) is 11.8 Å². The van der Waals surface area contributed by atoms with Gasteiger partial charge in [-0.25, -0.2) is 15.0 Å². The van der Waals surface area contributed by atoms with Gasteiger partial charge in [-0.2, -0.15) is 4.98 Å². The van der Waals surface area contributed by atoms with Gasteiger partial charge in [0.25, 0.3) is 0 Å². The average Bonchev–Trinajstić information content (AvgIpc) is 2.68. The first-order chi connectivity index (χ1) is 12.2. The molecule has 0 saturated heterocycles. The predicted molar refractivity (Wildman–Crippen MR) is 91.4 cm³/mol.